The van der Waals surface area contributed by atoms with Gasteiger partial charge in [-0.15, -0.1) is 11.8 Å². The van der Waals surface area contributed by atoms with Crippen LogP contribution in [-0.2, 0) is 4.79 Å². The molecule has 0 heterocycles. The smallest absolute Gasteiger partial charge is 0.228 e. The van der Waals surface area contributed by atoms with Crippen LogP contribution in [-0.4, -0.2) is 18.7 Å². The average Bonchev–Trinajstić information content (AvgIpc) is 2.31. The molecule has 1 aromatic carbocycles. The van der Waals surface area contributed by atoms with Crippen LogP contribution in [0.15, 0.2) is 29.2 Å². The van der Waals surface area contributed by atoms with Gasteiger partial charge in [0.2, 0.25) is 5.91 Å². The average molecular weight is 238 g/mol. The molecule has 0 aliphatic carbocycles. The summed E-state index contributed by atoms with van der Waals surface area (Å²) in [6.45, 7) is 2.36. The van der Waals surface area contributed by atoms with Gasteiger partial charge in [0.1, 0.15) is 0 Å². The molecule has 0 aromatic heterocycles. The fourth-order valence-electron chi connectivity index (χ4n) is 1.40. The first-order valence-electron chi connectivity index (χ1n) is 5.36. The van der Waals surface area contributed by atoms with Gasteiger partial charge in [0.05, 0.1) is 5.92 Å². The van der Waals surface area contributed by atoms with Gasteiger partial charge in [-0.3, -0.25) is 4.79 Å². The Labute approximate surface area is 101 Å². The first kappa shape index (κ1) is 13.1. The van der Waals surface area contributed by atoms with E-state index in [2.05, 4.69) is 5.32 Å². The largest absolute Gasteiger partial charge is 0.330 e. The van der Waals surface area contributed by atoms with Crippen molar-refractivity contribution in [3.63, 3.8) is 0 Å². The summed E-state index contributed by atoms with van der Waals surface area (Å²) < 4.78 is 0. The SMILES string of the molecule is CCC(CN)C(=O)Nc1cccc(SC)c1. The van der Waals surface area contributed by atoms with Gasteiger partial charge in [0.15, 0.2) is 0 Å². The Bertz CT molecular complexity index is 351. The van der Waals surface area contributed by atoms with E-state index < -0.39 is 0 Å². The Morgan fingerprint density at radius 2 is 2.31 bits per heavy atom. The molecule has 0 saturated carbocycles. The highest BCUT2D eigenvalue weighted by Crippen LogP contribution is 2.19. The van der Waals surface area contributed by atoms with Gasteiger partial charge in [0, 0.05) is 17.1 Å². The number of hydrogen-bond donors (Lipinski definition) is 2. The van der Waals surface area contributed by atoms with E-state index in [0.29, 0.717) is 6.54 Å². The number of nitrogens with one attached hydrogen (secondary N) is 1. The van der Waals surface area contributed by atoms with E-state index in [1.807, 2.05) is 37.4 Å². The second-order valence-corrected chi connectivity index (χ2v) is 4.44. The quantitative estimate of drug-likeness (QED) is 0.774. The first-order valence-corrected chi connectivity index (χ1v) is 6.58. The van der Waals surface area contributed by atoms with Crippen molar-refractivity contribution in [2.45, 2.75) is 18.2 Å². The van der Waals surface area contributed by atoms with E-state index >= 15 is 0 Å². The van der Waals surface area contributed by atoms with Crippen molar-refractivity contribution in [2.75, 3.05) is 18.1 Å². The lowest BCUT2D eigenvalue weighted by molar-refractivity contribution is -0.119. The van der Waals surface area contributed by atoms with Gasteiger partial charge < -0.3 is 11.1 Å². The number of carbonyl (C=O) groups is 1. The zero-order chi connectivity index (χ0) is 12.0. The van der Waals surface area contributed by atoms with E-state index in [4.69, 9.17) is 5.73 Å². The third-order valence-corrected chi connectivity index (χ3v) is 3.21. The van der Waals surface area contributed by atoms with Crippen molar-refractivity contribution in [1.29, 1.82) is 0 Å². The van der Waals surface area contributed by atoms with Crippen LogP contribution < -0.4 is 11.1 Å². The summed E-state index contributed by atoms with van der Waals surface area (Å²) in [5, 5.41) is 2.89. The zero-order valence-corrected chi connectivity index (χ0v) is 10.5. The Morgan fingerprint density at radius 3 is 2.88 bits per heavy atom. The van der Waals surface area contributed by atoms with Crippen LogP contribution in [0.25, 0.3) is 0 Å². The van der Waals surface area contributed by atoms with Crippen molar-refractivity contribution >= 4 is 23.4 Å². The lowest BCUT2D eigenvalue weighted by Gasteiger charge is -2.12. The maximum absolute atomic E-state index is 11.8. The normalized spacial score (nSPS) is 12.2. The number of benzene rings is 1. The molecule has 0 bridgehead atoms. The van der Waals surface area contributed by atoms with Crippen LogP contribution in [0.3, 0.4) is 0 Å². The van der Waals surface area contributed by atoms with Crippen LogP contribution >= 0.6 is 11.8 Å². The Balaban J connectivity index is 2.68. The van der Waals surface area contributed by atoms with Gasteiger partial charge in [0.25, 0.3) is 0 Å². The molecule has 0 saturated heterocycles. The summed E-state index contributed by atoms with van der Waals surface area (Å²) in [5.74, 6) is -0.0961. The number of hydrogen-bond acceptors (Lipinski definition) is 3. The third kappa shape index (κ3) is 3.54. The molecule has 1 atom stereocenters. The van der Waals surface area contributed by atoms with Crippen LogP contribution in [0, 0.1) is 5.92 Å². The van der Waals surface area contributed by atoms with E-state index in [1.54, 1.807) is 11.8 Å². The van der Waals surface area contributed by atoms with Gasteiger partial charge in [-0.2, -0.15) is 0 Å². The molecular formula is C12H18N2OS. The highest BCUT2D eigenvalue weighted by atomic mass is 32.2. The first-order chi connectivity index (χ1) is 7.71. The van der Waals surface area contributed by atoms with Crippen molar-refractivity contribution < 1.29 is 4.79 Å². The number of rotatable bonds is 5. The second-order valence-electron chi connectivity index (χ2n) is 3.56. The highest BCUT2D eigenvalue weighted by molar-refractivity contribution is 7.98. The molecule has 4 heteroatoms. The highest BCUT2D eigenvalue weighted by Gasteiger charge is 2.14. The molecule has 0 aliphatic heterocycles. The summed E-state index contributed by atoms with van der Waals surface area (Å²) in [4.78, 5) is 12.9. The molecule has 0 radical (unpaired) electrons. The fourth-order valence-corrected chi connectivity index (χ4v) is 1.86. The maximum Gasteiger partial charge on any atom is 0.228 e. The predicted octanol–water partition coefficient (Wildman–Crippen LogP) is 2.33. The summed E-state index contributed by atoms with van der Waals surface area (Å²) >= 11 is 1.65. The molecular weight excluding hydrogens is 220 g/mol. The van der Waals surface area contributed by atoms with E-state index in [-0.39, 0.29) is 11.8 Å². The van der Waals surface area contributed by atoms with Crippen LogP contribution in [0.5, 0.6) is 0 Å². The fraction of sp³-hybridized carbons (Fsp3) is 0.417. The van der Waals surface area contributed by atoms with Gasteiger partial charge in [-0.25, -0.2) is 0 Å². The van der Waals surface area contributed by atoms with E-state index in [1.165, 1.54) is 0 Å². The number of amides is 1. The van der Waals surface area contributed by atoms with Crippen LogP contribution in [0.4, 0.5) is 5.69 Å². The van der Waals surface area contributed by atoms with Crippen molar-refractivity contribution in [3.8, 4) is 0 Å². The minimum Gasteiger partial charge on any atom is -0.330 e. The lowest BCUT2D eigenvalue weighted by Crippen LogP contribution is -2.28. The monoisotopic (exact) mass is 238 g/mol. The Morgan fingerprint density at radius 1 is 1.56 bits per heavy atom. The molecule has 3 nitrogen and oxygen atoms in total. The Hall–Kier alpha value is -1.00. The number of carbonyl (C=O) groups excluding carboxylic acids is 1. The number of nitrogens with two attached hydrogens (primary N) is 1. The summed E-state index contributed by atoms with van der Waals surface area (Å²) in [5.41, 5.74) is 6.37. The maximum atomic E-state index is 11.8. The van der Waals surface area contributed by atoms with Gasteiger partial charge in [-0.05, 0) is 30.9 Å². The third-order valence-electron chi connectivity index (χ3n) is 2.49. The van der Waals surface area contributed by atoms with Crippen LogP contribution in [0.2, 0.25) is 0 Å². The van der Waals surface area contributed by atoms with Crippen molar-refractivity contribution in [3.05, 3.63) is 24.3 Å². The van der Waals surface area contributed by atoms with Gasteiger partial charge in [-0.1, -0.05) is 13.0 Å². The van der Waals surface area contributed by atoms with Gasteiger partial charge >= 0.3 is 0 Å². The minimum atomic E-state index is -0.0991. The van der Waals surface area contributed by atoms with Crippen molar-refractivity contribution in [1.82, 2.24) is 0 Å². The molecule has 3 N–H and O–H groups in total. The molecule has 1 aromatic rings. The minimum absolute atomic E-state index is 0.00301. The lowest BCUT2D eigenvalue weighted by atomic mass is 10.1. The predicted molar refractivity (Wildman–Crippen MR) is 69.7 cm³/mol. The summed E-state index contributed by atoms with van der Waals surface area (Å²) in [6, 6.07) is 7.80. The van der Waals surface area contributed by atoms with Crippen molar-refractivity contribution in [2.24, 2.45) is 11.7 Å². The molecule has 1 rings (SSSR count). The molecule has 88 valence electrons. The number of thioether (sulfide) groups is 1. The molecule has 0 fully saturated rings. The number of anilines is 1. The topological polar surface area (TPSA) is 55.1 Å². The second kappa shape index (κ2) is 6.55. The Kier molecular flexibility index (Phi) is 5.35. The summed E-state index contributed by atoms with van der Waals surface area (Å²) in [7, 11) is 0. The van der Waals surface area contributed by atoms with E-state index in [9.17, 15) is 4.79 Å². The molecule has 16 heavy (non-hydrogen) atoms. The molecule has 0 spiro atoms. The van der Waals surface area contributed by atoms with Crippen LogP contribution in [0.1, 0.15) is 13.3 Å². The standard InChI is InChI=1S/C12H18N2OS/c1-3-9(8-13)12(15)14-10-5-4-6-11(7-10)16-2/h4-7,9H,3,8,13H2,1-2H3,(H,14,15). The summed E-state index contributed by atoms with van der Waals surface area (Å²) in [6.07, 6.45) is 2.78. The molecule has 1 unspecified atom stereocenters. The van der Waals surface area contributed by atoms with E-state index in [0.717, 1.165) is 17.0 Å². The molecule has 1 amide bonds. The molecule has 0 aliphatic rings. The zero-order valence-electron chi connectivity index (χ0n) is 9.69.